The molecule has 1 unspecified atom stereocenters. The summed E-state index contributed by atoms with van der Waals surface area (Å²) in [5.74, 6) is 1.90. The van der Waals surface area contributed by atoms with Crippen molar-refractivity contribution in [1.82, 2.24) is 4.72 Å². The van der Waals surface area contributed by atoms with Gasteiger partial charge in [0.1, 0.15) is 0 Å². The van der Waals surface area contributed by atoms with Gasteiger partial charge in [0.2, 0.25) is 10.0 Å². The fraction of sp³-hybridized carbons (Fsp3) is 0.400. The summed E-state index contributed by atoms with van der Waals surface area (Å²) >= 11 is 5.04. The Morgan fingerprint density at radius 1 is 1.38 bits per heavy atom. The Hall–Kier alpha value is -0.0400. The van der Waals surface area contributed by atoms with Crippen LogP contribution in [0.1, 0.15) is 6.42 Å². The lowest BCUT2D eigenvalue weighted by atomic mass is 10.3. The minimum absolute atomic E-state index is 0.0714. The molecule has 1 N–H and O–H groups in total. The molecule has 0 amide bonds. The summed E-state index contributed by atoms with van der Waals surface area (Å²) in [5.41, 5.74) is 0. The zero-order valence-corrected chi connectivity index (χ0v) is 11.7. The molecule has 0 aromatic heterocycles. The molecule has 1 aliphatic heterocycles. The van der Waals surface area contributed by atoms with Gasteiger partial charge in [-0.2, -0.15) is 11.8 Å². The number of thioether (sulfide) groups is 1. The summed E-state index contributed by atoms with van der Waals surface area (Å²) in [6, 6.07) is 6.94. The van der Waals surface area contributed by atoms with Gasteiger partial charge >= 0.3 is 0 Å². The number of sulfonamides is 1. The van der Waals surface area contributed by atoms with Gasteiger partial charge in [0.25, 0.3) is 0 Å². The smallest absolute Gasteiger partial charge is 0.207 e. The molecular weight excluding hydrogens is 310 g/mol. The predicted molar refractivity (Wildman–Crippen MR) is 70.2 cm³/mol. The van der Waals surface area contributed by atoms with Crippen LogP contribution in [0.4, 0.5) is 0 Å². The number of hydrogen-bond acceptors (Lipinski definition) is 3. The average molecular weight is 322 g/mol. The second kappa shape index (κ2) is 5.08. The molecule has 88 valence electrons. The number of nitrogens with one attached hydrogen (secondary N) is 1. The quantitative estimate of drug-likeness (QED) is 0.928. The Labute approximate surface area is 108 Å². The first kappa shape index (κ1) is 12.4. The summed E-state index contributed by atoms with van der Waals surface area (Å²) in [4.78, 5) is 0.312. The SMILES string of the molecule is O=S(=O)(NC1CCSC1)c1ccccc1Br. The number of rotatable bonds is 3. The highest BCUT2D eigenvalue weighted by Crippen LogP contribution is 2.23. The molecule has 1 fully saturated rings. The molecule has 1 saturated heterocycles. The first-order valence-corrected chi connectivity index (χ1v) is 8.37. The van der Waals surface area contributed by atoms with Crippen molar-refractivity contribution in [2.45, 2.75) is 17.4 Å². The lowest BCUT2D eigenvalue weighted by Crippen LogP contribution is -2.34. The molecule has 1 aromatic rings. The van der Waals surface area contributed by atoms with Crippen molar-refractivity contribution >= 4 is 37.7 Å². The number of benzene rings is 1. The molecule has 1 aliphatic rings. The molecule has 16 heavy (non-hydrogen) atoms. The summed E-state index contributed by atoms with van der Waals surface area (Å²) < 4.78 is 27.5. The highest BCUT2D eigenvalue weighted by molar-refractivity contribution is 9.10. The van der Waals surface area contributed by atoms with Crippen molar-refractivity contribution in [3.8, 4) is 0 Å². The molecule has 3 nitrogen and oxygen atoms in total. The Balaban J connectivity index is 2.21. The summed E-state index contributed by atoms with van der Waals surface area (Å²) in [6.45, 7) is 0. The van der Waals surface area contributed by atoms with E-state index in [1.54, 1.807) is 36.0 Å². The first-order valence-electron chi connectivity index (χ1n) is 4.94. The third-order valence-electron chi connectivity index (χ3n) is 2.38. The predicted octanol–water partition coefficient (Wildman–Crippen LogP) is 2.23. The normalized spacial score (nSPS) is 21.2. The van der Waals surface area contributed by atoms with Gasteiger partial charge in [0.15, 0.2) is 0 Å². The molecule has 1 atom stereocenters. The lowest BCUT2D eigenvalue weighted by Gasteiger charge is -2.12. The number of halogens is 1. The van der Waals surface area contributed by atoms with E-state index in [9.17, 15) is 8.42 Å². The van der Waals surface area contributed by atoms with Crippen molar-refractivity contribution in [3.63, 3.8) is 0 Å². The van der Waals surface area contributed by atoms with Crippen molar-refractivity contribution in [2.75, 3.05) is 11.5 Å². The van der Waals surface area contributed by atoms with Gasteiger partial charge in [-0.15, -0.1) is 0 Å². The molecule has 0 bridgehead atoms. The van der Waals surface area contributed by atoms with Crippen LogP contribution in [0.15, 0.2) is 33.6 Å². The zero-order chi connectivity index (χ0) is 11.6. The third-order valence-corrected chi connectivity index (χ3v) is 6.07. The number of hydrogen-bond donors (Lipinski definition) is 1. The highest BCUT2D eigenvalue weighted by atomic mass is 79.9. The maximum Gasteiger partial charge on any atom is 0.241 e. The van der Waals surface area contributed by atoms with E-state index < -0.39 is 10.0 Å². The van der Waals surface area contributed by atoms with E-state index in [4.69, 9.17) is 0 Å². The van der Waals surface area contributed by atoms with Gasteiger partial charge in [-0.3, -0.25) is 0 Å². The molecule has 1 aromatic carbocycles. The van der Waals surface area contributed by atoms with Gasteiger partial charge < -0.3 is 0 Å². The lowest BCUT2D eigenvalue weighted by molar-refractivity contribution is 0.562. The van der Waals surface area contributed by atoms with E-state index >= 15 is 0 Å². The van der Waals surface area contributed by atoms with Gasteiger partial charge in [0, 0.05) is 16.3 Å². The Morgan fingerprint density at radius 3 is 2.75 bits per heavy atom. The van der Waals surface area contributed by atoms with Crippen LogP contribution in [-0.2, 0) is 10.0 Å². The second-order valence-corrected chi connectivity index (χ2v) is 7.30. The molecule has 0 saturated carbocycles. The molecule has 2 rings (SSSR count). The van der Waals surface area contributed by atoms with Crippen LogP contribution >= 0.6 is 27.7 Å². The monoisotopic (exact) mass is 321 g/mol. The van der Waals surface area contributed by atoms with E-state index in [1.807, 2.05) is 0 Å². The second-order valence-electron chi connectivity index (χ2n) is 3.61. The fourth-order valence-corrected chi connectivity index (χ4v) is 5.10. The van der Waals surface area contributed by atoms with E-state index in [-0.39, 0.29) is 6.04 Å². The topological polar surface area (TPSA) is 46.2 Å². The van der Waals surface area contributed by atoms with Gasteiger partial charge in [-0.05, 0) is 40.2 Å². The largest absolute Gasteiger partial charge is 0.241 e. The van der Waals surface area contributed by atoms with Crippen LogP contribution < -0.4 is 4.72 Å². The fourth-order valence-electron chi connectivity index (χ4n) is 1.57. The molecule has 0 spiro atoms. The van der Waals surface area contributed by atoms with Crippen molar-refractivity contribution in [1.29, 1.82) is 0 Å². The third kappa shape index (κ3) is 2.80. The Morgan fingerprint density at radius 2 is 2.12 bits per heavy atom. The van der Waals surface area contributed by atoms with Gasteiger partial charge in [-0.25, -0.2) is 13.1 Å². The molecule has 6 heteroatoms. The van der Waals surface area contributed by atoms with E-state index in [2.05, 4.69) is 20.7 Å². The summed E-state index contributed by atoms with van der Waals surface area (Å²) in [7, 11) is -3.38. The Kier molecular flexibility index (Phi) is 3.94. The van der Waals surface area contributed by atoms with E-state index in [0.717, 1.165) is 17.9 Å². The average Bonchev–Trinajstić information content (AvgIpc) is 2.70. The van der Waals surface area contributed by atoms with Crippen LogP contribution in [-0.4, -0.2) is 26.0 Å². The zero-order valence-electron chi connectivity index (χ0n) is 8.52. The van der Waals surface area contributed by atoms with Gasteiger partial charge in [0.05, 0.1) is 4.90 Å². The minimum Gasteiger partial charge on any atom is -0.207 e. The molecule has 1 heterocycles. The standard InChI is InChI=1S/C10H12BrNO2S2/c11-9-3-1-2-4-10(9)16(13,14)12-8-5-6-15-7-8/h1-4,8,12H,5-7H2. The van der Waals surface area contributed by atoms with Crippen molar-refractivity contribution in [2.24, 2.45) is 0 Å². The summed E-state index contributed by atoms with van der Waals surface area (Å²) in [6.07, 6.45) is 0.911. The molecule has 0 radical (unpaired) electrons. The maximum atomic E-state index is 12.1. The Bertz CT molecular complexity index is 469. The van der Waals surface area contributed by atoms with Crippen LogP contribution in [0.5, 0.6) is 0 Å². The molecular formula is C10H12BrNO2S2. The van der Waals surface area contributed by atoms with Crippen LogP contribution in [0.3, 0.4) is 0 Å². The highest BCUT2D eigenvalue weighted by Gasteiger charge is 2.24. The van der Waals surface area contributed by atoms with Crippen molar-refractivity contribution < 1.29 is 8.42 Å². The van der Waals surface area contributed by atoms with E-state index in [1.165, 1.54) is 0 Å². The van der Waals surface area contributed by atoms with Crippen LogP contribution in [0, 0.1) is 0 Å². The maximum absolute atomic E-state index is 12.1. The minimum atomic E-state index is -3.38. The van der Waals surface area contributed by atoms with Gasteiger partial charge in [-0.1, -0.05) is 12.1 Å². The first-order chi connectivity index (χ1) is 7.59. The van der Waals surface area contributed by atoms with Crippen LogP contribution in [0.25, 0.3) is 0 Å². The molecule has 0 aliphatic carbocycles. The van der Waals surface area contributed by atoms with E-state index in [0.29, 0.717) is 9.37 Å². The van der Waals surface area contributed by atoms with Crippen molar-refractivity contribution in [3.05, 3.63) is 28.7 Å². The van der Waals surface area contributed by atoms with Crippen LogP contribution in [0.2, 0.25) is 0 Å². The summed E-state index contributed by atoms with van der Waals surface area (Å²) in [5, 5.41) is 0.